The first kappa shape index (κ1) is 17.2. The van der Waals surface area contributed by atoms with E-state index >= 15 is 0 Å². The normalized spacial score (nSPS) is 19.0. The average Bonchev–Trinajstić information content (AvgIpc) is 3.04. The molecule has 8 nitrogen and oxygen atoms in total. The summed E-state index contributed by atoms with van der Waals surface area (Å²) in [4.78, 5) is 33.7. The lowest BCUT2D eigenvalue weighted by Gasteiger charge is -2.20. The predicted octanol–water partition coefficient (Wildman–Crippen LogP) is 1.86. The van der Waals surface area contributed by atoms with Crippen molar-refractivity contribution in [1.29, 1.82) is 0 Å². The van der Waals surface area contributed by atoms with Crippen LogP contribution in [-0.4, -0.2) is 37.2 Å². The Labute approximate surface area is 137 Å². The summed E-state index contributed by atoms with van der Waals surface area (Å²) in [6.07, 6.45) is 0.624. The van der Waals surface area contributed by atoms with Gasteiger partial charge in [-0.1, -0.05) is 18.7 Å². The van der Waals surface area contributed by atoms with Crippen LogP contribution in [0.3, 0.4) is 0 Å². The fourth-order valence-electron chi connectivity index (χ4n) is 2.34. The summed E-state index contributed by atoms with van der Waals surface area (Å²) in [7, 11) is 2.41. The van der Waals surface area contributed by atoms with E-state index in [1.807, 2.05) is 0 Å². The molecule has 1 aliphatic heterocycles. The summed E-state index contributed by atoms with van der Waals surface area (Å²) in [6.45, 7) is 3.66. The molecule has 0 bridgehead atoms. The number of nitro groups is 1. The van der Waals surface area contributed by atoms with Gasteiger partial charge in [0, 0.05) is 18.1 Å². The van der Waals surface area contributed by atoms with Gasteiger partial charge in [0.05, 0.1) is 24.7 Å². The third kappa shape index (κ3) is 3.27. The number of nitro benzene ring substituents is 1. The quantitative estimate of drug-likeness (QED) is 0.350. The van der Waals surface area contributed by atoms with E-state index in [1.165, 1.54) is 44.6 Å². The highest BCUT2D eigenvalue weighted by Crippen LogP contribution is 2.37. The van der Waals surface area contributed by atoms with Crippen molar-refractivity contribution in [2.24, 2.45) is 0 Å². The van der Waals surface area contributed by atoms with Gasteiger partial charge < -0.3 is 14.2 Å². The van der Waals surface area contributed by atoms with Gasteiger partial charge >= 0.3 is 11.9 Å². The maximum atomic E-state index is 11.7. The van der Waals surface area contributed by atoms with E-state index in [4.69, 9.17) is 4.74 Å². The van der Waals surface area contributed by atoms with Gasteiger partial charge in [-0.15, -0.1) is 0 Å². The van der Waals surface area contributed by atoms with Crippen molar-refractivity contribution in [2.75, 3.05) is 14.2 Å². The van der Waals surface area contributed by atoms with E-state index in [-0.39, 0.29) is 17.0 Å². The number of ether oxygens (including phenoxy) is 3. The maximum Gasteiger partial charge on any atom is 0.373 e. The van der Waals surface area contributed by atoms with Gasteiger partial charge in [0.1, 0.15) is 6.10 Å². The van der Waals surface area contributed by atoms with Crippen molar-refractivity contribution < 1.29 is 28.7 Å². The molecule has 24 heavy (non-hydrogen) atoms. The third-order valence-electron chi connectivity index (χ3n) is 3.58. The van der Waals surface area contributed by atoms with E-state index < -0.39 is 28.9 Å². The molecule has 8 heteroatoms. The van der Waals surface area contributed by atoms with Gasteiger partial charge in [-0.25, -0.2) is 9.59 Å². The summed E-state index contributed by atoms with van der Waals surface area (Å²) < 4.78 is 14.7. The van der Waals surface area contributed by atoms with E-state index in [2.05, 4.69) is 16.1 Å². The minimum Gasteiger partial charge on any atom is -0.477 e. The molecule has 0 N–H and O–H groups in total. The monoisotopic (exact) mass is 333 g/mol. The van der Waals surface area contributed by atoms with E-state index in [9.17, 15) is 19.7 Å². The number of esters is 2. The Morgan fingerprint density at radius 2 is 1.83 bits per heavy atom. The first-order valence-corrected chi connectivity index (χ1v) is 6.87. The molecule has 0 aromatic heterocycles. The highest BCUT2D eigenvalue weighted by atomic mass is 16.6. The second-order valence-electron chi connectivity index (χ2n) is 4.95. The summed E-state index contributed by atoms with van der Waals surface area (Å²) in [6, 6.07) is 5.72. The number of hydrogen-bond acceptors (Lipinski definition) is 7. The molecule has 2 rings (SSSR count). The van der Waals surface area contributed by atoms with Crippen molar-refractivity contribution in [3.05, 3.63) is 63.9 Å². The fourth-order valence-corrected chi connectivity index (χ4v) is 2.34. The number of nitrogens with zero attached hydrogens (tertiary/aromatic N) is 1. The molecule has 0 saturated heterocycles. The van der Waals surface area contributed by atoms with Crippen LogP contribution >= 0.6 is 0 Å². The summed E-state index contributed by atoms with van der Waals surface area (Å²) >= 11 is 0. The SMILES string of the molecule is C=C(C(=O)OC)[C@H]1OC(C(=O)OC)=C[C@@H]1c1ccc([N+](=O)[O-])cc1. The molecule has 0 aliphatic carbocycles. The third-order valence-corrected chi connectivity index (χ3v) is 3.58. The number of carbonyl (C=O) groups excluding carboxylic acids is 2. The number of rotatable bonds is 5. The molecule has 0 radical (unpaired) electrons. The molecule has 0 fully saturated rings. The minimum absolute atomic E-state index is 0.0241. The molecule has 0 amide bonds. The van der Waals surface area contributed by atoms with Gasteiger partial charge in [-0.3, -0.25) is 10.1 Å². The van der Waals surface area contributed by atoms with Crippen molar-refractivity contribution >= 4 is 17.6 Å². The van der Waals surface area contributed by atoms with Crippen molar-refractivity contribution in [2.45, 2.75) is 12.0 Å². The first-order chi connectivity index (χ1) is 11.4. The van der Waals surface area contributed by atoms with E-state index in [0.717, 1.165) is 0 Å². The van der Waals surface area contributed by atoms with Crippen LogP contribution < -0.4 is 0 Å². The van der Waals surface area contributed by atoms with Gasteiger partial charge in [0.2, 0.25) is 5.76 Å². The summed E-state index contributed by atoms with van der Waals surface area (Å²) in [5.41, 5.74) is 0.573. The standard InChI is InChI=1S/C16H15NO7/c1-9(15(18)22-2)14-12(8-13(24-14)16(19)23-3)10-4-6-11(7-5-10)17(20)21/h4-8,12,14H,1H2,2-3H3/t12-,14-/m1/s1. The summed E-state index contributed by atoms with van der Waals surface area (Å²) in [5.74, 6) is -1.96. The molecule has 2 atom stereocenters. The van der Waals surface area contributed by atoms with Gasteiger partial charge in [0.15, 0.2) is 0 Å². The van der Waals surface area contributed by atoms with Crippen LogP contribution in [0.4, 0.5) is 5.69 Å². The largest absolute Gasteiger partial charge is 0.477 e. The Bertz CT molecular complexity index is 720. The smallest absolute Gasteiger partial charge is 0.373 e. The van der Waals surface area contributed by atoms with Crippen LogP contribution in [0.5, 0.6) is 0 Å². The second-order valence-corrected chi connectivity index (χ2v) is 4.95. The molecule has 126 valence electrons. The molecule has 1 heterocycles. The number of hydrogen-bond donors (Lipinski definition) is 0. The Hall–Kier alpha value is -3.16. The van der Waals surface area contributed by atoms with Crippen LogP contribution in [0.15, 0.2) is 48.3 Å². The number of methoxy groups -OCH3 is 2. The number of non-ortho nitro benzene ring substituents is 1. The van der Waals surface area contributed by atoms with Crippen molar-refractivity contribution in [1.82, 2.24) is 0 Å². The molecule has 0 unspecified atom stereocenters. The number of carbonyl (C=O) groups is 2. The van der Waals surface area contributed by atoms with Gasteiger partial charge in [-0.05, 0) is 11.6 Å². The van der Waals surface area contributed by atoms with Crippen molar-refractivity contribution in [3.8, 4) is 0 Å². The van der Waals surface area contributed by atoms with E-state index in [0.29, 0.717) is 5.56 Å². The summed E-state index contributed by atoms with van der Waals surface area (Å²) in [5, 5.41) is 10.7. The lowest BCUT2D eigenvalue weighted by Crippen LogP contribution is -2.24. The van der Waals surface area contributed by atoms with Crippen LogP contribution in [0, 0.1) is 10.1 Å². The predicted molar refractivity (Wildman–Crippen MR) is 82.0 cm³/mol. The Morgan fingerprint density at radius 1 is 1.21 bits per heavy atom. The molecular weight excluding hydrogens is 318 g/mol. The van der Waals surface area contributed by atoms with Crippen LogP contribution in [0.25, 0.3) is 0 Å². The molecule has 0 spiro atoms. The molecule has 1 aromatic rings. The van der Waals surface area contributed by atoms with Gasteiger partial charge in [-0.2, -0.15) is 0 Å². The number of benzene rings is 1. The lowest BCUT2D eigenvalue weighted by molar-refractivity contribution is -0.384. The Balaban J connectivity index is 2.37. The minimum atomic E-state index is -0.868. The second kappa shape index (κ2) is 6.95. The van der Waals surface area contributed by atoms with Crippen molar-refractivity contribution in [3.63, 3.8) is 0 Å². The fraction of sp³-hybridized carbons (Fsp3) is 0.250. The maximum absolute atomic E-state index is 11.7. The zero-order chi connectivity index (χ0) is 17.9. The topological polar surface area (TPSA) is 105 Å². The van der Waals surface area contributed by atoms with Crippen LogP contribution in [0.2, 0.25) is 0 Å². The Kier molecular flexibility index (Phi) is 4.98. The first-order valence-electron chi connectivity index (χ1n) is 6.87. The van der Waals surface area contributed by atoms with Crippen LogP contribution in [0.1, 0.15) is 11.5 Å². The van der Waals surface area contributed by atoms with E-state index in [1.54, 1.807) is 0 Å². The molecule has 1 aromatic carbocycles. The Morgan fingerprint density at radius 3 is 2.33 bits per heavy atom. The average molecular weight is 333 g/mol. The zero-order valence-corrected chi connectivity index (χ0v) is 13.1. The zero-order valence-electron chi connectivity index (χ0n) is 13.1. The van der Waals surface area contributed by atoms with Gasteiger partial charge in [0.25, 0.3) is 5.69 Å². The molecular formula is C16H15NO7. The highest BCUT2D eigenvalue weighted by Gasteiger charge is 2.38. The lowest BCUT2D eigenvalue weighted by atomic mass is 9.90. The van der Waals surface area contributed by atoms with Crippen LogP contribution in [-0.2, 0) is 23.8 Å². The molecule has 0 saturated carbocycles. The molecule has 1 aliphatic rings. The highest BCUT2D eigenvalue weighted by molar-refractivity contribution is 5.91.